The van der Waals surface area contributed by atoms with Crippen molar-refractivity contribution in [2.45, 2.75) is 26.4 Å². The molecule has 0 fully saturated rings. The number of hydrogen-bond acceptors (Lipinski definition) is 1. The van der Waals surface area contributed by atoms with Crippen LogP contribution in [0.15, 0.2) is 24.3 Å². The summed E-state index contributed by atoms with van der Waals surface area (Å²) in [6.07, 6.45) is 0. The smallest absolute Gasteiger partial charge is 0.155 e. The van der Waals surface area contributed by atoms with Crippen LogP contribution in [0.25, 0.3) is 0 Å². The van der Waals surface area contributed by atoms with Gasteiger partial charge in [0.05, 0.1) is 0 Å². The van der Waals surface area contributed by atoms with Crippen LogP contribution in [-0.4, -0.2) is 6.54 Å². The van der Waals surface area contributed by atoms with E-state index in [2.05, 4.69) is 0 Å². The monoisotopic (exact) mass is 213 g/mol. The molecule has 3 heteroatoms. The molecule has 1 rings (SSSR count). The van der Waals surface area contributed by atoms with Gasteiger partial charge in [0, 0.05) is 17.5 Å². The van der Waals surface area contributed by atoms with Gasteiger partial charge in [0.25, 0.3) is 0 Å². The number of alkyl halides is 1. The molecule has 0 spiro atoms. The van der Waals surface area contributed by atoms with Crippen LogP contribution in [0.4, 0.5) is 8.78 Å². The molecule has 1 aromatic carbocycles. The number of rotatable bonds is 2. The standard InChI is InChI=1S/C12H17F2N/c1-11(2,3)12(14,8-15)9-6-4-5-7-10(9)13/h4-7H,8,15H2,1-3H3. The van der Waals surface area contributed by atoms with Gasteiger partial charge in [-0.2, -0.15) is 0 Å². The van der Waals surface area contributed by atoms with E-state index in [9.17, 15) is 8.78 Å². The van der Waals surface area contributed by atoms with Crippen LogP contribution in [0.5, 0.6) is 0 Å². The van der Waals surface area contributed by atoms with E-state index >= 15 is 0 Å². The highest BCUT2D eigenvalue weighted by molar-refractivity contribution is 5.27. The van der Waals surface area contributed by atoms with Gasteiger partial charge in [-0.1, -0.05) is 39.0 Å². The highest BCUT2D eigenvalue weighted by atomic mass is 19.1. The Morgan fingerprint density at radius 3 is 2.13 bits per heavy atom. The van der Waals surface area contributed by atoms with Gasteiger partial charge in [0.15, 0.2) is 5.67 Å². The normalized spacial score (nSPS) is 16.1. The Bertz CT molecular complexity index is 344. The van der Waals surface area contributed by atoms with E-state index in [4.69, 9.17) is 5.73 Å². The van der Waals surface area contributed by atoms with E-state index in [-0.39, 0.29) is 12.1 Å². The Kier molecular flexibility index (Phi) is 3.14. The number of benzene rings is 1. The van der Waals surface area contributed by atoms with Gasteiger partial charge >= 0.3 is 0 Å². The number of nitrogens with two attached hydrogens (primary N) is 1. The van der Waals surface area contributed by atoms with Gasteiger partial charge in [0.1, 0.15) is 5.82 Å². The van der Waals surface area contributed by atoms with Gasteiger partial charge in [-0.05, 0) is 6.07 Å². The maximum atomic E-state index is 14.7. The van der Waals surface area contributed by atoms with Gasteiger partial charge in [0.2, 0.25) is 0 Å². The summed E-state index contributed by atoms with van der Waals surface area (Å²) in [4.78, 5) is 0. The Morgan fingerprint density at radius 1 is 1.20 bits per heavy atom. The molecule has 84 valence electrons. The van der Waals surface area contributed by atoms with Crippen LogP contribution >= 0.6 is 0 Å². The largest absolute Gasteiger partial charge is 0.327 e. The molecule has 0 aromatic heterocycles. The first kappa shape index (κ1) is 12.1. The van der Waals surface area contributed by atoms with Crippen LogP contribution in [0.2, 0.25) is 0 Å². The molecule has 0 saturated heterocycles. The molecule has 0 aliphatic heterocycles. The molecule has 2 N–H and O–H groups in total. The fraction of sp³-hybridized carbons (Fsp3) is 0.500. The molecule has 0 bridgehead atoms. The second-order valence-corrected chi connectivity index (χ2v) is 4.74. The Balaban J connectivity index is 3.30. The lowest BCUT2D eigenvalue weighted by molar-refractivity contribution is 0.0307. The van der Waals surface area contributed by atoms with Crippen LogP contribution in [0.1, 0.15) is 26.3 Å². The summed E-state index contributed by atoms with van der Waals surface area (Å²) >= 11 is 0. The van der Waals surface area contributed by atoms with Crippen LogP contribution < -0.4 is 5.73 Å². The maximum absolute atomic E-state index is 14.7. The summed E-state index contributed by atoms with van der Waals surface area (Å²) < 4.78 is 28.2. The minimum Gasteiger partial charge on any atom is -0.327 e. The second-order valence-electron chi connectivity index (χ2n) is 4.74. The molecule has 0 saturated carbocycles. The fourth-order valence-electron chi connectivity index (χ4n) is 1.60. The van der Waals surface area contributed by atoms with Gasteiger partial charge < -0.3 is 5.73 Å². The summed E-state index contributed by atoms with van der Waals surface area (Å²) in [5, 5.41) is 0. The van der Waals surface area contributed by atoms with E-state index in [1.807, 2.05) is 0 Å². The summed E-state index contributed by atoms with van der Waals surface area (Å²) in [5.41, 5.74) is 2.93. The average molecular weight is 213 g/mol. The van der Waals surface area contributed by atoms with Crippen LogP contribution in [0, 0.1) is 11.2 Å². The van der Waals surface area contributed by atoms with E-state index in [1.54, 1.807) is 32.9 Å². The first-order valence-corrected chi connectivity index (χ1v) is 4.97. The zero-order valence-electron chi connectivity index (χ0n) is 9.35. The SMILES string of the molecule is CC(C)(C)C(F)(CN)c1ccccc1F. The third-order valence-corrected chi connectivity index (χ3v) is 2.77. The maximum Gasteiger partial charge on any atom is 0.155 e. The van der Waals surface area contributed by atoms with Crippen molar-refractivity contribution in [1.82, 2.24) is 0 Å². The van der Waals surface area contributed by atoms with Crippen molar-refractivity contribution in [3.63, 3.8) is 0 Å². The zero-order chi connectivity index (χ0) is 11.7. The first-order chi connectivity index (χ1) is 6.83. The molecule has 1 nitrogen and oxygen atoms in total. The van der Waals surface area contributed by atoms with E-state index in [1.165, 1.54) is 12.1 Å². The average Bonchev–Trinajstić information content (AvgIpc) is 2.15. The lowest BCUT2D eigenvalue weighted by Crippen LogP contribution is -2.43. The molecule has 15 heavy (non-hydrogen) atoms. The molecule has 0 radical (unpaired) electrons. The molecule has 0 amide bonds. The minimum atomic E-state index is -1.83. The van der Waals surface area contributed by atoms with Gasteiger partial charge in [-0.3, -0.25) is 0 Å². The highest BCUT2D eigenvalue weighted by Gasteiger charge is 2.44. The van der Waals surface area contributed by atoms with Crippen molar-refractivity contribution in [3.8, 4) is 0 Å². The number of halogens is 2. The van der Waals surface area contributed by atoms with Crippen molar-refractivity contribution in [2.24, 2.45) is 11.1 Å². The topological polar surface area (TPSA) is 26.0 Å². The molecular weight excluding hydrogens is 196 g/mol. The number of hydrogen-bond donors (Lipinski definition) is 1. The molecule has 1 atom stereocenters. The molecule has 0 aliphatic rings. The lowest BCUT2D eigenvalue weighted by Gasteiger charge is -2.37. The quantitative estimate of drug-likeness (QED) is 0.803. The molecule has 1 unspecified atom stereocenters. The Hall–Kier alpha value is -0.960. The van der Waals surface area contributed by atoms with Crippen molar-refractivity contribution in [1.29, 1.82) is 0 Å². The lowest BCUT2D eigenvalue weighted by atomic mass is 9.73. The third kappa shape index (κ3) is 2.02. The van der Waals surface area contributed by atoms with E-state index < -0.39 is 16.9 Å². The summed E-state index contributed by atoms with van der Waals surface area (Å²) in [6, 6.07) is 5.87. The molecule has 0 aliphatic carbocycles. The van der Waals surface area contributed by atoms with Gasteiger partial charge in [-0.15, -0.1) is 0 Å². The van der Waals surface area contributed by atoms with E-state index in [0.717, 1.165) is 0 Å². The predicted molar refractivity (Wildman–Crippen MR) is 57.7 cm³/mol. The molecular formula is C12H17F2N. The summed E-state index contributed by atoms with van der Waals surface area (Å²) in [6.45, 7) is 4.92. The molecule has 1 aromatic rings. The van der Waals surface area contributed by atoms with Crippen molar-refractivity contribution in [3.05, 3.63) is 35.6 Å². The summed E-state index contributed by atoms with van der Waals surface area (Å²) in [5.74, 6) is -0.541. The van der Waals surface area contributed by atoms with Crippen molar-refractivity contribution < 1.29 is 8.78 Å². The van der Waals surface area contributed by atoms with Crippen LogP contribution in [-0.2, 0) is 5.67 Å². The van der Waals surface area contributed by atoms with Crippen molar-refractivity contribution in [2.75, 3.05) is 6.54 Å². The second kappa shape index (κ2) is 3.89. The predicted octanol–water partition coefficient (Wildman–Crippen LogP) is 3.00. The molecule has 0 heterocycles. The Morgan fingerprint density at radius 2 is 1.73 bits per heavy atom. The minimum absolute atomic E-state index is 0.0417. The fourth-order valence-corrected chi connectivity index (χ4v) is 1.60. The van der Waals surface area contributed by atoms with E-state index in [0.29, 0.717) is 0 Å². The first-order valence-electron chi connectivity index (χ1n) is 4.97. The Labute approximate surface area is 89.3 Å². The van der Waals surface area contributed by atoms with Crippen molar-refractivity contribution >= 4 is 0 Å². The zero-order valence-corrected chi connectivity index (χ0v) is 9.35. The van der Waals surface area contributed by atoms with Crippen LogP contribution in [0.3, 0.4) is 0 Å². The third-order valence-electron chi connectivity index (χ3n) is 2.77. The van der Waals surface area contributed by atoms with Gasteiger partial charge in [-0.25, -0.2) is 8.78 Å². The summed E-state index contributed by atoms with van der Waals surface area (Å²) in [7, 11) is 0. The highest BCUT2D eigenvalue weighted by Crippen LogP contribution is 2.42.